The molecule has 0 radical (unpaired) electrons. The summed E-state index contributed by atoms with van der Waals surface area (Å²) in [5.74, 6) is -1.26. The van der Waals surface area contributed by atoms with Gasteiger partial charge in [-0.2, -0.15) is 0 Å². The molecule has 6 heteroatoms. The number of hydrogen-bond acceptors (Lipinski definition) is 3. The molecular weight excluding hydrogens is 324 g/mol. The summed E-state index contributed by atoms with van der Waals surface area (Å²) in [6, 6.07) is 4.49. The van der Waals surface area contributed by atoms with Crippen LogP contribution in [0.5, 0.6) is 0 Å². The second-order valence-corrected chi connectivity index (χ2v) is 7.15. The van der Waals surface area contributed by atoms with Crippen LogP contribution in [0.3, 0.4) is 0 Å². The van der Waals surface area contributed by atoms with Gasteiger partial charge in [0.25, 0.3) is 0 Å². The molecule has 25 heavy (non-hydrogen) atoms. The maximum absolute atomic E-state index is 13.9. The average Bonchev–Trinajstić information content (AvgIpc) is 3.44. The van der Waals surface area contributed by atoms with Gasteiger partial charge in [-0.3, -0.25) is 10.2 Å². The number of rotatable bonds is 5. The molecule has 2 bridgehead atoms. The van der Waals surface area contributed by atoms with E-state index in [1.807, 2.05) is 11.0 Å². The molecule has 0 spiro atoms. The highest BCUT2D eigenvalue weighted by Gasteiger charge is 2.37. The number of hydrogen-bond donors (Lipinski definition) is 1. The van der Waals surface area contributed by atoms with E-state index in [9.17, 15) is 13.6 Å². The number of carbonyl (C=O) groups excluding carboxylic acids is 1. The van der Waals surface area contributed by atoms with Crippen molar-refractivity contribution in [3.05, 3.63) is 47.0 Å². The molecule has 1 N–H and O–H groups in total. The van der Waals surface area contributed by atoms with E-state index in [1.165, 1.54) is 6.07 Å². The van der Waals surface area contributed by atoms with E-state index in [2.05, 4.69) is 10.4 Å². The topological polar surface area (TPSA) is 35.6 Å². The number of benzene rings is 1. The fourth-order valence-electron chi connectivity index (χ4n) is 3.83. The lowest BCUT2D eigenvalue weighted by atomic mass is 9.89. The molecule has 4 nitrogen and oxygen atoms in total. The van der Waals surface area contributed by atoms with E-state index in [-0.39, 0.29) is 17.9 Å². The third-order valence-electron chi connectivity index (χ3n) is 5.39. The van der Waals surface area contributed by atoms with Crippen molar-refractivity contribution in [2.75, 3.05) is 26.2 Å². The minimum Gasteiger partial charge on any atom is -0.336 e. The summed E-state index contributed by atoms with van der Waals surface area (Å²) < 4.78 is 27.3. The van der Waals surface area contributed by atoms with Gasteiger partial charge in [0.05, 0.1) is 0 Å². The highest BCUT2D eigenvalue weighted by Crippen LogP contribution is 2.32. The lowest BCUT2D eigenvalue weighted by Gasteiger charge is -2.39. The van der Waals surface area contributed by atoms with Crippen molar-refractivity contribution >= 4 is 5.91 Å². The van der Waals surface area contributed by atoms with Crippen LogP contribution in [0.15, 0.2) is 29.8 Å². The van der Waals surface area contributed by atoms with Gasteiger partial charge in [-0.1, -0.05) is 18.2 Å². The largest absolute Gasteiger partial charge is 0.336 e. The van der Waals surface area contributed by atoms with Gasteiger partial charge in [-0.15, -0.1) is 0 Å². The Bertz CT molecular complexity index is 702. The smallest absolute Gasteiger partial charge is 0.250 e. The minimum atomic E-state index is -0.827. The second-order valence-electron chi connectivity index (χ2n) is 7.15. The first-order valence-corrected chi connectivity index (χ1v) is 9.06. The zero-order valence-corrected chi connectivity index (χ0v) is 14.2. The summed E-state index contributed by atoms with van der Waals surface area (Å²) in [6.07, 6.45) is 5.34. The molecule has 1 aromatic rings. The summed E-state index contributed by atoms with van der Waals surface area (Å²) in [6.45, 7) is 2.95. The lowest BCUT2D eigenvalue weighted by Crippen LogP contribution is -2.52. The molecule has 2 aliphatic heterocycles. The maximum Gasteiger partial charge on any atom is 0.250 e. The Kier molecular flexibility index (Phi) is 4.56. The molecule has 2 atom stereocenters. The van der Waals surface area contributed by atoms with Gasteiger partial charge >= 0.3 is 0 Å². The molecule has 4 rings (SSSR count). The van der Waals surface area contributed by atoms with Crippen molar-refractivity contribution in [2.24, 2.45) is 5.92 Å². The van der Waals surface area contributed by atoms with Crippen LogP contribution in [0.4, 0.5) is 8.78 Å². The molecule has 1 amide bonds. The van der Waals surface area contributed by atoms with Gasteiger partial charge < -0.3 is 4.90 Å². The Morgan fingerprint density at radius 3 is 2.92 bits per heavy atom. The molecular formula is C19H23F2N3O. The van der Waals surface area contributed by atoms with Crippen molar-refractivity contribution in [3.8, 4) is 0 Å². The van der Waals surface area contributed by atoms with Crippen molar-refractivity contribution < 1.29 is 13.6 Å². The number of nitrogens with zero attached hydrogens (tertiary/aromatic N) is 2. The molecule has 2 heterocycles. The van der Waals surface area contributed by atoms with Gasteiger partial charge in [0.1, 0.15) is 0 Å². The van der Waals surface area contributed by atoms with E-state index in [0.29, 0.717) is 18.5 Å². The van der Waals surface area contributed by atoms with E-state index in [0.717, 1.165) is 50.5 Å². The Labute approximate surface area is 146 Å². The quantitative estimate of drug-likeness (QED) is 0.888. The summed E-state index contributed by atoms with van der Waals surface area (Å²) >= 11 is 0. The molecule has 2 fully saturated rings. The zero-order chi connectivity index (χ0) is 17.4. The van der Waals surface area contributed by atoms with Crippen LogP contribution in [0.1, 0.15) is 24.8 Å². The molecule has 3 aliphatic rings. The van der Waals surface area contributed by atoms with Gasteiger partial charge in [0.2, 0.25) is 5.91 Å². The molecule has 134 valence electrons. The van der Waals surface area contributed by atoms with Crippen LogP contribution in [0.25, 0.3) is 0 Å². The lowest BCUT2D eigenvalue weighted by molar-refractivity contribution is -0.128. The fourth-order valence-corrected chi connectivity index (χ4v) is 3.83. The third-order valence-corrected chi connectivity index (χ3v) is 5.39. The van der Waals surface area contributed by atoms with Crippen molar-refractivity contribution in [2.45, 2.75) is 31.7 Å². The molecule has 1 saturated heterocycles. The van der Waals surface area contributed by atoms with Crippen LogP contribution in [-0.2, 0) is 11.2 Å². The minimum absolute atomic E-state index is 0.0888. The predicted molar refractivity (Wildman–Crippen MR) is 90.6 cm³/mol. The molecule has 1 saturated carbocycles. The average molecular weight is 347 g/mol. The predicted octanol–water partition coefficient (Wildman–Crippen LogP) is 2.26. The van der Waals surface area contributed by atoms with Crippen molar-refractivity contribution in [1.82, 2.24) is 15.3 Å². The van der Waals surface area contributed by atoms with Crippen LogP contribution in [-0.4, -0.2) is 48.0 Å². The number of hydrazine groups is 1. The van der Waals surface area contributed by atoms with E-state index in [4.69, 9.17) is 0 Å². The van der Waals surface area contributed by atoms with Crippen molar-refractivity contribution in [1.29, 1.82) is 0 Å². The molecule has 0 aromatic heterocycles. The Morgan fingerprint density at radius 1 is 1.28 bits per heavy atom. The molecule has 1 aliphatic carbocycles. The van der Waals surface area contributed by atoms with E-state index < -0.39 is 11.6 Å². The zero-order valence-electron chi connectivity index (χ0n) is 14.2. The van der Waals surface area contributed by atoms with Gasteiger partial charge in [-0.05, 0) is 37.3 Å². The van der Waals surface area contributed by atoms with Crippen LogP contribution >= 0.6 is 0 Å². The Morgan fingerprint density at radius 2 is 2.12 bits per heavy atom. The standard InChI is InChI=1S/C19H23F2N3O/c20-17-3-1-2-13(18(17)21)7-11-24(15-4-5-15)19(25)16-8-10-23-12-14(16)6-9-22-23/h1-3,8,14-15,22H,4-7,9-12H2. The number of fused-ring (bicyclic) bond motifs is 2. The number of halogens is 2. The van der Waals surface area contributed by atoms with Gasteiger partial charge in [-0.25, -0.2) is 13.8 Å². The van der Waals surface area contributed by atoms with Gasteiger partial charge in [0.15, 0.2) is 11.6 Å². The molecule has 1 aromatic carbocycles. The maximum atomic E-state index is 13.9. The molecule has 2 unspecified atom stereocenters. The summed E-state index contributed by atoms with van der Waals surface area (Å²) in [4.78, 5) is 15.0. The Hall–Kier alpha value is -1.79. The number of carbonyl (C=O) groups is 1. The third kappa shape index (κ3) is 3.46. The van der Waals surface area contributed by atoms with Crippen LogP contribution < -0.4 is 5.43 Å². The monoisotopic (exact) mass is 347 g/mol. The first-order chi connectivity index (χ1) is 12.1. The van der Waals surface area contributed by atoms with Crippen LogP contribution in [0.2, 0.25) is 0 Å². The first-order valence-electron chi connectivity index (χ1n) is 9.06. The van der Waals surface area contributed by atoms with E-state index in [1.54, 1.807) is 6.07 Å². The SMILES string of the molecule is O=C(C1=CCN2CC1CCN2)N(CCc1cccc(F)c1F)C1CC1. The number of amides is 1. The Balaban J connectivity index is 1.48. The highest BCUT2D eigenvalue weighted by molar-refractivity contribution is 5.94. The summed E-state index contributed by atoms with van der Waals surface area (Å²) in [5.41, 5.74) is 4.56. The van der Waals surface area contributed by atoms with Crippen LogP contribution in [0, 0.1) is 17.6 Å². The summed E-state index contributed by atoms with van der Waals surface area (Å²) in [5, 5.41) is 2.15. The van der Waals surface area contributed by atoms with E-state index >= 15 is 0 Å². The first kappa shape index (κ1) is 16.7. The van der Waals surface area contributed by atoms with Crippen molar-refractivity contribution in [3.63, 3.8) is 0 Å². The highest BCUT2D eigenvalue weighted by atomic mass is 19.2. The second kappa shape index (κ2) is 6.84. The summed E-state index contributed by atoms with van der Waals surface area (Å²) in [7, 11) is 0. The normalized spacial score (nSPS) is 25.4. The number of nitrogens with one attached hydrogen (secondary N) is 1. The fraction of sp³-hybridized carbons (Fsp3) is 0.526. The van der Waals surface area contributed by atoms with Gasteiger partial charge in [0, 0.05) is 43.7 Å².